The lowest BCUT2D eigenvalue weighted by Crippen LogP contribution is -2.44. The van der Waals surface area contributed by atoms with Gasteiger partial charge < -0.3 is 15.1 Å². The van der Waals surface area contributed by atoms with Crippen LogP contribution >= 0.6 is 0 Å². The molecule has 0 aromatic heterocycles. The normalized spacial score (nSPS) is 18.1. The maximum absolute atomic E-state index is 13.5. The van der Waals surface area contributed by atoms with Crippen LogP contribution in [0.3, 0.4) is 0 Å². The fourth-order valence-corrected chi connectivity index (χ4v) is 4.88. The molecule has 35 heavy (non-hydrogen) atoms. The Hall–Kier alpha value is -4.00. The van der Waals surface area contributed by atoms with Gasteiger partial charge in [-0.2, -0.15) is 0 Å². The van der Waals surface area contributed by atoms with Crippen LogP contribution in [0.4, 0.5) is 10.1 Å². The first-order chi connectivity index (χ1) is 16.9. The number of hydrogen-bond donors (Lipinski definition) is 1. The standard InChI is InChI=1S/C28H26FN3O3/c1-18(20-11-13-22(29)14-12-20)30-26(33)21-7-4-6-19(16-21)17-32-24-9-3-2-8-23(24)27(34)31-15-5-10-25(31)28(32)35/h2-4,6-9,11-14,16,18,25H,5,10,15,17H2,1H3,(H,30,33)/t18-,25-/m1/s1. The lowest BCUT2D eigenvalue weighted by Gasteiger charge is -2.26. The van der Waals surface area contributed by atoms with Crippen LogP contribution in [0, 0.1) is 5.82 Å². The molecule has 2 heterocycles. The Morgan fingerprint density at radius 1 is 1.06 bits per heavy atom. The molecule has 3 amide bonds. The van der Waals surface area contributed by atoms with Crippen LogP contribution in [0.1, 0.15) is 57.7 Å². The van der Waals surface area contributed by atoms with E-state index in [2.05, 4.69) is 5.32 Å². The summed E-state index contributed by atoms with van der Waals surface area (Å²) in [6, 6.07) is 19.6. The Morgan fingerprint density at radius 3 is 2.63 bits per heavy atom. The first-order valence-electron chi connectivity index (χ1n) is 11.8. The average Bonchev–Trinajstić information content (AvgIpc) is 3.34. The van der Waals surface area contributed by atoms with Gasteiger partial charge in [0.15, 0.2) is 0 Å². The average molecular weight is 472 g/mol. The highest BCUT2D eigenvalue weighted by Crippen LogP contribution is 2.33. The summed E-state index contributed by atoms with van der Waals surface area (Å²) in [4.78, 5) is 42.9. The van der Waals surface area contributed by atoms with Crippen LogP contribution in [0.25, 0.3) is 0 Å². The number of amides is 3. The highest BCUT2D eigenvalue weighted by Gasteiger charge is 2.41. The van der Waals surface area contributed by atoms with Gasteiger partial charge in [-0.3, -0.25) is 14.4 Å². The molecule has 2 aliphatic rings. The van der Waals surface area contributed by atoms with E-state index in [0.29, 0.717) is 29.8 Å². The number of anilines is 1. The molecule has 0 bridgehead atoms. The second kappa shape index (κ2) is 9.33. The molecule has 1 fully saturated rings. The number of benzene rings is 3. The second-order valence-electron chi connectivity index (χ2n) is 9.05. The number of nitrogens with zero attached hydrogens (tertiary/aromatic N) is 2. The molecule has 3 aromatic carbocycles. The predicted molar refractivity (Wildman–Crippen MR) is 130 cm³/mol. The fourth-order valence-electron chi connectivity index (χ4n) is 4.88. The number of carbonyl (C=O) groups is 3. The fraction of sp³-hybridized carbons (Fsp3) is 0.250. The van der Waals surface area contributed by atoms with Gasteiger partial charge in [-0.1, -0.05) is 36.4 Å². The van der Waals surface area contributed by atoms with Crippen molar-refractivity contribution < 1.29 is 18.8 Å². The maximum atomic E-state index is 13.5. The van der Waals surface area contributed by atoms with Gasteiger partial charge in [-0.15, -0.1) is 0 Å². The Bertz CT molecular complexity index is 1290. The SMILES string of the molecule is C[C@@H](NC(=O)c1cccc(CN2C(=O)[C@H]3CCCN3C(=O)c3ccccc32)c1)c1ccc(F)cc1. The second-order valence-corrected chi connectivity index (χ2v) is 9.05. The summed E-state index contributed by atoms with van der Waals surface area (Å²) in [5.74, 6) is -0.794. The predicted octanol–water partition coefficient (Wildman–Crippen LogP) is 4.47. The van der Waals surface area contributed by atoms with E-state index in [4.69, 9.17) is 0 Å². The van der Waals surface area contributed by atoms with Gasteiger partial charge in [-0.05, 0) is 67.3 Å². The van der Waals surface area contributed by atoms with Gasteiger partial charge in [-0.25, -0.2) is 4.39 Å². The Morgan fingerprint density at radius 2 is 1.83 bits per heavy atom. The minimum atomic E-state index is -0.460. The van der Waals surface area contributed by atoms with Crippen molar-refractivity contribution in [2.45, 2.75) is 38.4 Å². The third kappa shape index (κ3) is 4.41. The van der Waals surface area contributed by atoms with Crippen molar-refractivity contribution in [1.82, 2.24) is 10.2 Å². The number of carbonyl (C=O) groups excluding carboxylic acids is 3. The topological polar surface area (TPSA) is 69.7 Å². The molecule has 6 nitrogen and oxygen atoms in total. The zero-order valence-electron chi connectivity index (χ0n) is 19.4. The quantitative estimate of drug-likeness (QED) is 0.597. The summed E-state index contributed by atoms with van der Waals surface area (Å²) >= 11 is 0. The van der Waals surface area contributed by atoms with Crippen LogP contribution in [0.15, 0.2) is 72.8 Å². The Labute approximate surface area is 203 Å². The smallest absolute Gasteiger partial charge is 0.256 e. The van der Waals surface area contributed by atoms with Gasteiger partial charge >= 0.3 is 0 Å². The van der Waals surface area contributed by atoms with Crippen molar-refractivity contribution in [3.8, 4) is 0 Å². The van der Waals surface area contributed by atoms with Gasteiger partial charge in [0, 0.05) is 12.1 Å². The largest absolute Gasteiger partial charge is 0.346 e. The van der Waals surface area contributed by atoms with Crippen LogP contribution in [-0.2, 0) is 11.3 Å². The first-order valence-corrected chi connectivity index (χ1v) is 11.8. The molecular formula is C28H26FN3O3. The summed E-state index contributed by atoms with van der Waals surface area (Å²) in [6.07, 6.45) is 1.46. The monoisotopic (exact) mass is 471 g/mol. The van der Waals surface area contributed by atoms with E-state index in [-0.39, 0.29) is 36.1 Å². The molecule has 3 aromatic rings. The zero-order chi connectivity index (χ0) is 24.5. The molecule has 0 saturated carbocycles. The van der Waals surface area contributed by atoms with Gasteiger partial charge in [0.2, 0.25) is 5.91 Å². The van der Waals surface area contributed by atoms with E-state index < -0.39 is 6.04 Å². The van der Waals surface area contributed by atoms with Crippen molar-refractivity contribution in [3.63, 3.8) is 0 Å². The molecule has 7 heteroatoms. The highest BCUT2D eigenvalue weighted by molar-refractivity contribution is 6.11. The molecule has 1 saturated heterocycles. The van der Waals surface area contributed by atoms with E-state index in [1.165, 1.54) is 12.1 Å². The van der Waals surface area contributed by atoms with Crippen LogP contribution in [-0.4, -0.2) is 35.2 Å². The van der Waals surface area contributed by atoms with E-state index in [1.54, 1.807) is 52.3 Å². The molecule has 2 atom stereocenters. The minimum absolute atomic E-state index is 0.0967. The summed E-state index contributed by atoms with van der Waals surface area (Å²) < 4.78 is 13.2. The number of hydrogen-bond acceptors (Lipinski definition) is 3. The molecule has 1 N–H and O–H groups in total. The molecule has 178 valence electrons. The van der Waals surface area contributed by atoms with Crippen molar-refractivity contribution in [2.75, 3.05) is 11.4 Å². The summed E-state index contributed by atoms with van der Waals surface area (Å²) in [5.41, 5.74) is 3.16. The van der Waals surface area contributed by atoms with Crippen molar-refractivity contribution in [2.24, 2.45) is 0 Å². The minimum Gasteiger partial charge on any atom is -0.346 e. The maximum Gasteiger partial charge on any atom is 0.256 e. The number of para-hydroxylation sites is 1. The van der Waals surface area contributed by atoms with Crippen LogP contribution in [0.2, 0.25) is 0 Å². The lowest BCUT2D eigenvalue weighted by atomic mass is 10.1. The number of nitrogens with one attached hydrogen (secondary N) is 1. The van der Waals surface area contributed by atoms with Crippen molar-refractivity contribution in [3.05, 3.63) is 101 Å². The molecule has 2 aliphatic heterocycles. The van der Waals surface area contributed by atoms with Gasteiger partial charge in [0.1, 0.15) is 11.9 Å². The molecule has 0 spiro atoms. The van der Waals surface area contributed by atoms with Crippen molar-refractivity contribution in [1.29, 1.82) is 0 Å². The number of rotatable bonds is 5. The van der Waals surface area contributed by atoms with E-state index in [0.717, 1.165) is 17.5 Å². The molecule has 5 rings (SSSR count). The Kier molecular flexibility index (Phi) is 6.07. The van der Waals surface area contributed by atoms with Gasteiger partial charge in [0.05, 0.1) is 23.8 Å². The third-order valence-corrected chi connectivity index (χ3v) is 6.74. The van der Waals surface area contributed by atoms with Crippen molar-refractivity contribution >= 4 is 23.4 Å². The van der Waals surface area contributed by atoms with E-state index in [9.17, 15) is 18.8 Å². The molecule has 0 unspecified atom stereocenters. The number of fused-ring (bicyclic) bond motifs is 2. The third-order valence-electron chi connectivity index (χ3n) is 6.74. The lowest BCUT2D eigenvalue weighted by molar-refractivity contribution is -0.122. The van der Waals surface area contributed by atoms with Crippen LogP contribution in [0.5, 0.6) is 0 Å². The van der Waals surface area contributed by atoms with Crippen LogP contribution < -0.4 is 10.2 Å². The number of halogens is 1. The first kappa shape index (κ1) is 22.8. The highest BCUT2D eigenvalue weighted by atomic mass is 19.1. The Balaban J connectivity index is 1.39. The molecular weight excluding hydrogens is 445 g/mol. The van der Waals surface area contributed by atoms with Gasteiger partial charge in [0.25, 0.3) is 11.8 Å². The zero-order valence-corrected chi connectivity index (χ0v) is 19.4. The summed E-state index contributed by atoms with van der Waals surface area (Å²) in [7, 11) is 0. The van der Waals surface area contributed by atoms with E-state index >= 15 is 0 Å². The summed E-state index contributed by atoms with van der Waals surface area (Å²) in [5, 5.41) is 2.94. The van der Waals surface area contributed by atoms with E-state index in [1.807, 2.05) is 25.1 Å². The molecule has 0 radical (unpaired) electrons. The summed E-state index contributed by atoms with van der Waals surface area (Å²) in [6.45, 7) is 2.67. The molecule has 0 aliphatic carbocycles.